The van der Waals surface area contributed by atoms with E-state index in [1.807, 2.05) is 0 Å². The number of halogens is 1. The summed E-state index contributed by atoms with van der Waals surface area (Å²) in [6.07, 6.45) is 0. The minimum atomic E-state index is -0.450. The van der Waals surface area contributed by atoms with Gasteiger partial charge in [0.15, 0.2) is 0 Å². The van der Waals surface area contributed by atoms with Crippen LogP contribution in [0.5, 0.6) is 0 Å². The van der Waals surface area contributed by atoms with Gasteiger partial charge in [-0.1, -0.05) is 0 Å². The second kappa shape index (κ2) is 2.22. The van der Waals surface area contributed by atoms with Crippen LogP contribution in [0.1, 0.15) is 0 Å². The molecule has 0 radical (unpaired) electrons. The van der Waals surface area contributed by atoms with Crippen molar-refractivity contribution in [3.8, 4) is 0 Å². The van der Waals surface area contributed by atoms with Crippen molar-refractivity contribution in [2.75, 3.05) is 24.6 Å². The summed E-state index contributed by atoms with van der Waals surface area (Å²) in [5.41, 5.74) is 0.505. The topological polar surface area (TPSA) is 29.1 Å². The fourth-order valence-corrected chi connectivity index (χ4v) is 3.01. The Morgan fingerprint density at radius 3 is 2.00 bits per heavy atom. The third kappa shape index (κ3) is 1.02. The summed E-state index contributed by atoms with van der Waals surface area (Å²) >= 11 is 0. The third-order valence-corrected chi connectivity index (χ3v) is 3.80. The molecule has 2 rings (SSSR count). The van der Waals surface area contributed by atoms with Gasteiger partial charge in [-0.25, -0.2) is 0 Å². The number of hydrogen-bond donors (Lipinski definition) is 1. The highest BCUT2D eigenvalue weighted by molar-refractivity contribution is 7.86. The first-order chi connectivity index (χ1) is 3.81. The lowest BCUT2D eigenvalue weighted by Gasteiger charge is -2.48. The molecule has 0 aromatic rings. The molecule has 2 aliphatic rings. The zero-order valence-corrected chi connectivity index (χ0v) is 6.69. The number of rotatable bonds is 0. The van der Waals surface area contributed by atoms with Crippen molar-refractivity contribution >= 4 is 23.2 Å². The molecule has 2 saturated heterocycles. The maximum atomic E-state index is 10.6. The molecule has 0 aromatic heterocycles. The van der Waals surface area contributed by atoms with Crippen LogP contribution in [0.4, 0.5) is 0 Å². The summed E-state index contributed by atoms with van der Waals surface area (Å²) in [4.78, 5) is 0. The molecule has 4 heteroatoms. The molecule has 1 N–H and O–H groups in total. The van der Waals surface area contributed by atoms with E-state index in [0.717, 1.165) is 24.6 Å². The maximum absolute atomic E-state index is 10.6. The van der Waals surface area contributed by atoms with Crippen LogP contribution in [0.25, 0.3) is 0 Å². The van der Waals surface area contributed by atoms with E-state index < -0.39 is 10.8 Å². The first-order valence-corrected chi connectivity index (χ1v) is 4.35. The second-order valence-corrected chi connectivity index (χ2v) is 4.29. The van der Waals surface area contributed by atoms with E-state index in [1.165, 1.54) is 0 Å². The summed E-state index contributed by atoms with van der Waals surface area (Å²) in [6.45, 7) is 2.22. The van der Waals surface area contributed by atoms with Gasteiger partial charge in [0.05, 0.1) is 0 Å². The smallest absolute Gasteiger partial charge is 0.0324 e. The minimum absolute atomic E-state index is 0. The summed E-state index contributed by atoms with van der Waals surface area (Å²) in [5.74, 6) is 1.92. The Labute approximate surface area is 63.3 Å². The molecule has 2 nitrogen and oxygen atoms in total. The fourth-order valence-electron chi connectivity index (χ4n) is 1.32. The quantitative estimate of drug-likeness (QED) is 0.540. The molecule has 54 valence electrons. The van der Waals surface area contributed by atoms with E-state index in [2.05, 4.69) is 5.32 Å². The fraction of sp³-hybridized carbons (Fsp3) is 1.00. The third-order valence-electron chi connectivity index (χ3n) is 1.93. The molecule has 2 heterocycles. The highest BCUT2D eigenvalue weighted by Gasteiger charge is 2.47. The lowest BCUT2D eigenvalue weighted by Crippen LogP contribution is -2.65. The van der Waals surface area contributed by atoms with Crippen molar-refractivity contribution < 1.29 is 4.21 Å². The Balaban J connectivity index is 0.000000405. The Bertz CT molecular complexity index is 136. The Hall–Kier alpha value is 0.400. The largest absolute Gasteiger partial charge is 0.315 e. The summed E-state index contributed by atoms with van der Waals surface area (Å²) in [5, 5.41) is 3.19. The second-order valence-electron chi connectivity index (χ2n) is 2.83. The van der Waals surface area contributed by atoms with Gasteiger partial charge in [-0.05, 0) is 0 Å². The number of nitrogens with one attached hydrogen (secondary N) is 1. The standard InChI is InChI=1S/C5H9NOS.ClH/c7-8-3-5(4-8)1-6-2-5;/h6H,1-4H2;1H. The highest BCUT2D eigenvalue weighted by atomic mass is 35.5. The van der Waals surface area contributed by atoms with Crippen molar-refractivity contribution in [2.24, 2.45) is 5.41 Å². The molecule has 9 heavy (non-hydrogen) atoms. The predicted molar refractivity (Wildman–Crippen MR) is 40.4 cm³/mol. The molecule has 1 spiro atoms. The Morgan fingerprint density at radius 2 is 1.89 bits per heavy atom. The molecule has 0 atom stereocenters. The molecule has 0 aromatic carbocycles. The van der Waals surface area contributed by atoms with Crippen molar-refractivity contribution in [1.82, 2.24) is 5.32 Å². The maximum Gasteiger partial charge on any atom is 0.0324 e. The summed E-state index contributed by atoms with van der Waals surface area (Å²) < 4.78 is 10.6. The van der Waals surface area contributed by atoms with Gasteiger partial charge in [0.1, 0.15) is 0 Å². The van der Waals surface area contributed by atoms with Gasteiger partial charge in [-0.15, -0.1) is 12.4 Å². The van der Waals surface area contributed by atoms with Crippen LogP contribution in [0.15, 0.2) is 0 Å². The number of hydrogen-bond acceptors (Lipinski definition) is 2. The molecular weight excluding hydrogens is 158 g/mol. The van der Waals surface area contributed by atoms with Crippen molar-refractivity contribution in [3.05, 3.63) is 0 Å². The summed E-state index contributed by atoms with van der Waals surface area (Å²) in [6, 6.07) is 0. The van der Waals surface area contributed by atoms with E-state index in [1.54, 1.807) is 0 Å². The molecule has 0 bridgehead atoms. The van der Waals surface area contributed by atoms with Gasteiger partial charge < -0.3 is 5.32 Å². The van der Waals surface area contributed by atoms with Crippen LogP contribution in [0.2, 0.25) is 0 Å². The predicted octanol–water partition coefficient (Wildman–Crippen LogP) is -0.240. The highest BCUT2D eigenvalue weighted by Crippen LogP contribution is 2.33. The zero-order valence-electron chi connectivity index (χ0n) is 5.05. The van der Waals surface area contributed by atoms with Crippen LogP contribution in [-0.4, -0.2) is 28.8 Å². The van der Waals surface area contributed by atoms with Crippen LogP contribution in [0, 0.1) is 5.41 Å². The molecule has 0 amide bonds. The normalized spacial score (nSPS) is 30.2. The SMILES string of the molecule is Cl.O=S1CC2(CNC2)C1. The average Bonchev–Trinajstić information content (AvgIpc) is 1.51. The van der Waals surface area contributed by atoms with E-state index in [4.69, 9.17) is 0 Å². The van der Waals surface area contributed by atoms with Gasteiger partial charge >= 0.3 is 0 Å². The van der Waals surface area contributed by atoms with Crippen molar-refractivity contribution in [1.29, 1.82) is 0 Å². The average molecular weight is 168 g/mol. The van der Waals surface area contributed by atoms with Crippen LogP contribution < -0.4 is 5.32 Å². The van der Waals surface area contributed by atoms with Crippen LogP contribution in [-0.2, 0) is 10.8 Å². The van der Waals surface area contributed by atoms with Gasteiger partial charge in [-0.2, -0.15) is 0 Å². The molecule has 0 aliphatic carbocycles. The summed E-state index contributed by atoms with van der Waals surface area (Å²) in [7, 11) is -0.450. The molecule has 0 saturated carbocycles. The van der Waals surface area contributed by atoms with Gasteiger partial charge in [-0.3, -0.25) is 4.21 Å². The molecule has 2 fully saturated rings. The minimum Gasteiger partial charge on any atom is -0.315 e. The zero-order chi connectivity index (χ0) is 5.61. The van der Waals surface area contributed by atoms with Gasteiger partial charge in [0.25, 0.3) is 0 Å². The van der Waals surface area contributed by atoms with E-state index in [0.29, 0.717) is 5.41 Å². The van der Waals surface area contributed by atoms with E-state index in [9.17, 15) is 4.21 Å². The van der Waals surface area contributed by atoms with Crippen LogP contribution in [0.3, 0.4) is 0 Å². The Morgan fingerprint density at radius 1 is 1.33 bits per heavy atom. The molecular formula is C5H10ClNOS. The van der Waals surface area contributed by atoms with E-state index >= 15 is 0 Å². The molecule has 2 aliphatic heterocycles. The molecule has 0 unspecified atom stereocenters. The Kier molecular flexibility index (Phi) is 1.85. The lowest BCUT2D eigenvalue weighted by molar-refractivity contribution is 0.216. The van der Waals surface area contributed by atoms with Crippen molar-refractivity contribution in [3.63, 3.8) is 0 Å². The first-order valence-electron chi connectivity index (χ1n) is 2.87. The van der Waals surface area contributed by atoms with Crippen LogP contribution >= 0.6 is 12.4 Å². The van der Waals surface area contributed by atoms with Crippen molar-refractivity contribution in [2.45, 2.75) is 0 Å². The monoisotopic (exact) mass is 167 g/mol. The lowest BCUT2D eigenvalue weighted by atomic mass is 9.85. The van der Waals surface area contributed by atoms with E-state index in [-0.39, 0.29) is 12.4 Å². The van der Waals surface area contributed by atoms with Gasteiger partial charge in [0, 0.05) is 40.8 Å². The van der Waals surface area contributed by atoms with Gasteiger partial charge in [0.2, 0.25) is 0 Å². The first kappa shape index (κ1) is 7.51.